The van der Waals surface area contributed by atoms with E-state index in [1.807, 2.05) is 17.0 Å². The molecule has 0 radical (unpaired) electrons. The molecule has 4 rings (SSSR count). The number of amides is 1. The number of rotatable bonds is 12. The molecule has 3 aromatic rings. The van der Waals surface area contributed by atoms with E-state index in [0.717, 1.165) is 50.4 Å². The van der Waals surface area contributed by atoms with E-state index in [4.69, 9.17) is 27.9 Å². The average Bonchev–Trinajstić information content (AvgIpc) is 2.90. The third-order valence-electron chi connectivity index (χ3n) is 7.33. The van der Waals surface area contributed by atoms with Crippen molar-refractivity contribution in [2.45, 2.75) is 40.4 Å². The molecule has 41 heavy (non-hydrogen) atoms. The number of hydrogen-bond acceptors (Lipinski definition) is 4. The van der Waals surface area contributed by atoms with Crippen molar-refractivity contribution in [2.24, 2.45) is 11.8 Å². The summed E-state index contributed by atoms with van der Waals surface area (Å²) in [5.74, 6) is 1.30. The van der Waals surface area contributed by atoms with Gasteiger partial charge in [-0.05, 0) is 46.4 Å². The van der Waals surface area contributed by atoms with Gasteiger partial charge in [0.05, 0.1) is 19.3 Å². The lowest BCUT2D eigenvalue weighted by atomic mass is 10.1. The second-order valence-corrected chi connectivity index (χ2v) is 12.7. The molecule has 0 bridgehead atoms. The Morgan fingerprint density at radius 1 is 0.878 bits per heavy atom. The number of fused-ring (bicyclic) bond motifs is 1. The van der Waals surface area contributed by atoms with Gasteiger partial charge in [-0.2, -0.15) is 0 Å². The minimum absolute atomic E-state index is 0. The van der Waals surface area contributed by atoms with Gasteiger partial charge in [0.15, 0.2) is 0 Å². The minimum atomic E-state index is -0.217. The molecule has 1 aliphatic rings. The van der Waals surface area contributed by atoms with Crippen LogP contribution >= 0.6 is 35.6 Å². The molecule has 1 fully saturated rings. The Kier molecular flexibility index (Phi) is 13.2. The Balaban J connectivity index is 0.00000462. The fraction of sp³-hybridized carbons (Fsp3) is 0.485. The highest BCUT2D eigenvalue weighted by Crippen LogP contribution is 2.30. The quantitative estimate of drug-likeness (QED) is 0.209. The molecule has 5 nitrogen and oxygen atoms in total. The summed E-state index contributed by atoms with van der Waals surface area (Å²) in [6.45, 7) is 15.5. The van der Waals surface area contributed by atoms with Crippen molar-refractivity contribution in [3.63, 3.8) is 0 Å². The van der Waals surface area contributed by atoms with Crippen LogP contribution in [0.4, 0.5) is 0 Å². The number of hydrogen-bond donors (Lipinski definition) is 0. The molecule has 8 heteroatoms. The highest BCUT2D eigenvalue weighted by atomic mass is 35.5. The number of carbonyl (C=O) groups excluding carboxylic acids is 1. The predicted octanol–water partition coefficient (Wildman–Crippen LogP) is 7.58. The topological polar surface area (TPSA) is 36.0 Å². The van der Waals surface area contributed by atoms with Gasteiger partial charge >= 0.3 is 0 Å². The fourth-order valence-electron chi connectivity index (χ4n) is 5.47. The Morgan fingerprint density at radius 3 is 2.17 bits per heavy atom. The van der Waals surface area contributed by atoms with E-state index >= 15 is 0 Å². The van der Waals surface area contributed by atoms with Crippen LogP contribution in [0.1, 0.15) is 44.9 Å². The van der Waals surface area contributed by atoms with Gasteiger partial charge in [0.2, 0.25) is 5.91 Å². The Morgan fingerprint density at radius 2 is 1.54 bits per heavy atom. The molecular weight excluding hydrogens is 577 g/mol. The van der Waals surface area contributed by atoms with E-state index in [1.165, 1.54) is 10.8 Å². The first-order valence-electron chi connectivity index (χ1n) is 14.4. The molecule has 0 spiro atoms. The summed E-state index contributed by atoms with van der Waals surface area (Å²) >= 11 is 12.8. The van der Waals surface area contributed by atoms with Crippen LogP contribution in [0.5, 0.6) is 0 Å². The highest BCUT2D eigenvalue weighted by Gasteiger charge is 2.26. The number of halogens is 3. The molecule has 1 atom stereocenters. The number of carbonyl (C=O) groups is 1. The van der Waals surface area contributed by atoms with Gasteiger partial charge in [0.25, 0.3) is 0 Å². The number of piperazine rings is 1. The lowest BCUT2D eigenvalue weighted by Gasteiger charge is -2.37. The first-order chi connectivity index (χ1) is 19.2. The predicted molar refractivity (Wildman–Crippen MR) is 174 cm³/mol. The maximum atomic E-state index is 13.2. The highest BCUT2D eigenvalue weighted by molar-refractivity contribution is 6.35. The van der Waals surface area contributed by atoms with E-state index < -0.39 is 0 Å². The minimum Gasteiger partial charge on any atom is -0.367 e. The second-order valence-electron chi connectivity index (χ2n) is 11.8. The monoisotopic (exact) mass is 619 g/mol. The standard InChI is InChI=1S/C33H43Cl2N3O2.ClH/c1-24(2)19-37(20-25(3)4)22-33(39)38-15-13-36(14-16-38)21-32(30-12-11-29(34)18-31(30)35)40-23-26-9-10-27-7-5-6-8-28(27)17-26;/h5-12,17-18,24-25,32H,13-16,19-23H2,1-4H3;1H. The van der Waals surface area contributed by atoms with E-state index in [0.29, 0.717) is 41.6 Å². The van der Waals surface area contributed by atoms with Gasteiger partial charge in [0.1, 0.15) is 0 Å². The van der Waals surface area contributed by atoms with Crippen LogP contribution in [0.25, 0.3) is 10.8 Å². The lowest BCUT2D eigenvalue weighted by Crippen LogP contribution is -2.52. The van der Waals surface area contributed by atoms with Crippen LogP contribution in [0.15, 0.2) is 60.7 Å². The molecule has 0 aromatic heterocycles. The van der Waals surface area contributed by atoms with Crippen LogP contribution in [-0.2, 0) is 16.1 Å². The molecule has 0 aliphatic carbocycles. The zero-order chi connectivity index (χ0) is 28.6. The van der Waals surface area contributed by atoms with E-state index in [-0.39, 0.29) is 24.4 Å². The number of ether oxygens (including phenoxy) is 1. The van der Waals surface area contributed by atoms with Gasteiger partial charge in [0, 0.05) is 61.4 Å². The van der Waals surface area contributed by atoms with E-state index in [2.05, 4.69) is 80.0 Å². The zero-order valence-electron chi connectivity index (χ0n) is 24.7. The first-order valence-corrected chi connectivity index (χ1v) is 15.2. The summed E-state index contributed by atoms with van der Waals surface area (Å²) in [7, 11) is 0. The third-order valence-corrected chi connectivity index (χ3v) is 7.89. The van der Waals surface area contributed by atoms with E-state index in [1.54, 1.807) is 6.07 Å². The van der Waals surface area contributed by atoms with Crippen molar-refractivity contribution < 1.29 is 9.53 Å². The molecule has 1 saturated heterocycles. The molecule has 0 N–H and O–H groups in total. The summed E-state index contributed by atoms with van der Waals surface area (Å²) in [6.07, 6.45) is -0.217. The smallest absolute Gasteiger partial charge is 0.236 e. The summed E-state index contributed by atoms with van der Waals surface area (Å²) in [6, 6.07) is 20.4. The Hall–Kier alpha value is -1.86. The summed E-state index contributed by atoms with van der Waals surface area (Å²) in [5, 5.41) is 3.64. The maximum absolute atomic E-state index is 13.2. The maximum Gasteiger partial charge on any atom is 0.236 e. The first kappa shape index (κ1) is 33.6. The van der Waals surface area contributed by atoms with Gasteiger partial charge in [-0.15, -0.1) is 12.4 Å². The van der Waals surface area contributed by atoms with Crippen molar-refractivity contribution in [2.75, 3.05) is 52.4 Å². The fourth-order valence-corrected chi connectivity index (χ4v) is 6.00. The molecule has 1 heterocycles. The molecule has 224 valence electrons. The van der Waals surface area contributed by atoms with Crippen LogP contribution in [0, 0.1) is 11.8 Å². The summed E-state index contributed by atoms with van der Waals surface area (Å²) in [5.41, 5.74) is 2.06. The molecule has 1 amide bonds. The van der Waals surface area contributed by atoms with Crippen LogP contribution in [0.3, 0.4) is 0 Å². The van der Waals surface area contributed by atoms with Crippen molar-refractivity contribution in [3.05, 3.63) is 81.8 Å². The van der Waals surface area contributed by atoms with Crippen molar-refractivity contribution in [3.8, 4) is 0 Å². The van der Waals surface area contributed by atoms with Crippen molar-refractivity contribution >= 4 is 52.3 Å². The van der Waals surface area contributed by atoms with Crippen molar-refractivity contribution in [1.29, 1.82) is 0 Å². The molecular formula is C33H44Cl3N3O2. The lowest BCUT2D eigenvalue weighted by molar-refractivity contribution is -0.134. The average molecular weight is 621 g/mol. The second kappa shape index (κ2) is 16.1. The van der Waals surface area contributed by atoms with Gasteiger partial charge in [-0.3, -0.25) is 14.6 Å². The largest absolute Gasteiger partial charge is 0.367 e. The van der Waals surface area contributed by atoms with Gasteiger partial charge in [-0.25, -0.2) is 0 Å². The molecule has 1 aliphatic heterocycles. The number of nitrogens with zero attached hydrogens (tertiary/aromatic N) is 3. The molecule has 0 saturated carbocycles. The Labute approximate surface area is 262 Å². The van der Waals surface area contributed by atoms with Crippen LogP contribution in [-0.4, -0.2) is 73.0 Å². The van der Waals surface area contributed by atoms with E-state index in [9.17, 15) is 4.79 Å². The molecule has 3 aromatic carbocycles. The SMILES string of the molecule is CC(C)CN(CC(=O)N1CCN(CC(OCc2ccc3ccccc3c2)c2ccc(Cl)cc2Cl)CC1)CC(C)C.Cl. The van der Waals surface area contributed by atoms with Crippen LogP contribution < -0.4 is 0 Å². The summed E-state index contributed by atoms with van der Waals surface area (Å²) < 4.78 is 6.53. The van der Waals surface area contributed by atoms with Gasteiger partial charge < -0.3 is 9.64 Å². The Bertz CT molecular complexity index is 1250. The third kappa shape index (κ3) is 10.1. The van der Waals surface area contributed by atoms with Gasteiger partial charge in [-0.1, -0.05) is 93.4 Å². The van der Waals surface area contributed by atoms with Crippen LogP contribution in [0.2, 0.25) is 10.0 Å². The molecule has 1 unspecified atom stereocenters. The summed E-state index contributed by atoms with van der Waals surface area (Å²) in [4.78, 5) is 19.9. The number of benzene rings is 3. The van der Waals surface area contributed by atoms with Crippen molar-refractivity contribution in [1.82, 2.24) is 14.7 Å². The normalized spacial score (nSPS) is 15.1. The zero-order valence-corrected chi connectivity index (χ0v) is 27.0.